The van der Waals surface area contributed by atoms with Gasteiger partial charge in [0.1, 0.15) is 0 Å². The highest BCUT2D eigenvalue weighted by molar-refractivity contribution is 7.88. The molecule has 5 heteroatoms. The van der Waals surface area contributed by atoms with E-state index in [1.54, 1.807) is 4.31 Å². The average molecular weight is 268 g/mol. The molecule has 1 aromatic rings. The Morgan fingerprint density at radius 3 is 1.89 bits per heavy atom. The predicted octanol–water partition coefficient (Wildman–Crippen LogP) is 1.39. The van der Waals surface area contributed by atoms with Crippen LogP contribution in [0.3, 0.4) is 0 Å². The van der Waals surface area contributed by atoms with Crippen LogP contribution < -0.4 is 4.90 Å². The molecular formula is C13H20N2O2S. The first-order chi connectivity index (χ1) is 8.36. The van der Waals surface area contributed by atoms with E-state index in [0.717, 1.165) is 13.1 Å². The first kappa shape index (κ1) is 13.4. The van der Waals surface area contributed by atoms with Gasteiger partial charge in [-0.25, -0.2) is 8.42 Å². The lowest BCUT2D eigenvalue weighted by atomic mass is 10.1. The molecule has 1 aliphatic rings. The number of hydrogen-bond acceptors (Lipinski definition) is 3. The Morgan fingerprint density at radius 2 is 1.44 bits per heavy atom. The van der Waals surface area contributed by atoms with Gasteiger partial charge >= 0.3 is 0 Å². The molecule has 0 amide bonds. The van der Waals surface area contributed by atoms with Crippen LogP contribution in [0.1, 0.15) is 11.1 Å². The highest BCUT2D eigenvalue weighted by Gasteiger charge is 2.23. The number of rotatable bonds is 2. The summed E-state index contributed by atoms with van der Waals surface area (Å²) in [7, 11) is -3.04. The molecule has 4 nitrogen and oxygen atoms in total. The molecule has 1 aromatic carbocycles. The number of nitrogens with zero attached hydrogens (tertiary/aromatic N) is 2. The summed E-state index contributed by atoms with van der Waals surface area (Å²) >= 11 is 0. The van der Waals surface area contributed by atoms with Crippen LogP contribution in [-0.2, 0) is 10.0 Å². The van der Waals surface area contributed by atoms with Crippen molar-refractivity contribution >= 4 is 15.7 Å². The van der Waals surface area contributed by atoms with Gasteiger partial charge in [-0.3, -0.25) is 0 Å². The minimum atomic E-state index is -3.04. The van der Waals surface area contributed by atoms with Gasteiger partial charge in [-0.1, -0.05) is 6.07 Å². The molecule has 1 fully saturated rings. The SMILES string of the molecule is Cc1cc(C)cc(N2CCN(S(C)(=O)=O)CC2)c1. The summed E-state index contributed by atoms with van der Waals surface area (Å²) in [5, 5.41) is 0. The molecule has 1 aliphatic heterocycles. The molecule has 0 saturated carbocycles. The van der Waals surface area contributed by atoms with Crippen molar-refractivity contribution in [3.63, 3.8) is 0 Å². The third-order valence-electron chi connectivity index (χ3n) is 3.28. The minimum absolute atomic E-state index is 0.575. The zero-order valence-electron chi connectivity index (χ0n) is 11.2. The highest BCUT2D eigenvalue weighted by atomic mass is 32.2. The van der Waals surface area contributed by atoms with Gasteiger partial charge in [0.15, 0.2) is 0 Å². The van der Waals surface area contributed by atoms with Gasteiger partial charge in [0.05, 0.1) is 6.26 Å². The van der Waals surface area contributed by atoms with Crippen molar-refractivity contribution in [2.24, 2.45) is 0 Å². The molecule has 0 aliphatic carbocycles. The Labute approximate surface area is 109 Å². The van der Waals surface area contributed by atoms with Crippen LogP contribution in [0, 0.1) is 13.8 Å². The van der Waals surface area contributed by atoms with Crippen molar-refractivity contribution in [3.8, 4) is 0 Å². The van der Waals surface area contributed by atoms with Crippen molar-refractivity contribution in [2.75, 3.05) is 37.3 Å². The monoisotopic (exact) mass is 268 g/mol. The van der Waals surface area contributed by atoms with Crippen LogP contribution in [0.2, 0.25) is 0 Å². The molecule has 1 heterocycles. The third-order valence-corrected chi connectivity index (χ3v) is 4.58. The number of benzene rings is 1. The van der Waals surface area contributed by atoms with Crippen LogP contribution in [0.4, 0.5) is 5.69 Å². The van der Waals surface area contributed by atoms with Gasteiger partial charge in [-0.05, 0) is 37.1 Å². The number of aryl methyl sites for hydroxylation is 2. The summed E-state index contributed by atoms with van der Waals surface area (Å²) in [5.41, 5.74) is 3.69. The fourth-order valence-electron chi connectivity index (χ4n) is 2.41. The van der Waals surface area contributed by atoms with E-state index in [0.29, 0.717) is 13.1 Å². The summed E-state index contributed by atoms with van der Waals surface area (Å²) in [6.07, 6.45) is 1.28. The van der Waals surface area contributed by atoms with Gasteiger partial charge in [0.25, 0.3) is 0 Å². The molecule has 2 rings (SSSR count). The van der Waals surface area contributed by atoms with Crippen LogP contribution in [0.25, 0.3) is 0 Å². The van der Waals surface area contributed by atoms with Crippen LogP contribution >= 0.6 is 0 Å². The van der Waals surface area contributed by atoms with E-state index in [1.165, 1.54) is 23.1 Å². The molecular weight excluding hydrogens is 248 g/mol. The second-order valence-corrected chi connectivity index (χ2v) is 6.98. The summed E-state index contributed by atoms with van der Waals surface area (Å²) in [6, 6.07) is 6.46. The summed E-state index contributed by atoms with van der Waals surface area (Å²) in [4.78, 5) is 2.25. The summed E-state index contributed by atoms with van der Waals surface area (Å²) in [5.74, 6) is 0. The van der Waals surface area contributed by atoms with Crippen molar-refractivity contribution in [2.45, 2.75) is 13.8 Å². The Morgan fingerprint density at radius 1 is 0.944 bits per heavy atom. The van der Waals surface area contributed by atoms with E-state index in [4.69, 9.17) is 0 Å². The Kier molecular flexibility index (Phi) is 3.64. The lowest BCUT2D eigenvalue weighted by Crippen LogP contribution is -2.48. The Bertz CT molecular complexity index is 512. The van der Waals surface area contributed by atoms with Gasteiger partial charge in [0, 0.05) is 31.9 Å². The highest BCUT2D eigenvalue weighted by Crippen LogP contribution is 2.20. The number of hydrogen-bond donors (Lipinski definition) is 0. The van der Waals surface area contributed by atoms with E-state index in [-0.39, 0.29) is 0 Å². The number of piperazine rings is 1. The first-order valence-electron chi connectivity index (χ1n) is 6.14. The van der Waals surface area contributed by atoms with Crippen molar-refractivity contribution in [3.05, 3.63) is 29.3 Å². The molecule has 0 unspecified atom stereocenters. The lowest BCUT2D eigenvalue weighted by Gasteiger charge is -2.35. The quantitative estimate of drug-likeness (QED) is 0.814. The fourth-order valence-corrected chi connectivity index (χ4v) is 3.24. The lowest BCUT2D eigenvalue weighted by molar-refractivity contribution is 0.388. The van der Waals surface area contributed by atoms with Crippen molar-refractivity contribution < 1.29 is 8.42 Å². The van der Waals surface area contributed by atoms with E-state index < -0.39 is 10.0 Å². The molecule has 0 aromatic heterocycles. The van der Waals surface area contributed by atoms with Crippen LogP contribution in [-0.4, -0.2) is 45.2 Å². The Hall–Kier alpha value is -1.07. The molecule has 0 radical (unpaired) electrons. The van der Waals surface area contributed by atoms with Gasteiger partial charge in [-0.15, -0.1) is 0 Å². The van der Waals surface area contributed by atoms with Gasteiger partial charge in [0.2, 0.25) is 10.0 Å². The average Bonchev–Trinajstić information content (AvgIpc) is 2.27. The molecule has 0 spiro atoms. The zero-order chi connectivity index (χ0) is 13.3. The largest absolute Gasteiger partial charge is 0.369 e. The van der Waals surface area contributed by atoms with E-state index in [9.17, 15) is 8.42 Å². The minimum Gasteiger partial charge on any atom is -0.369 e. The maximum absolute atomic E-state index is 11.4. The van der Waals surface area contributed by atoms with E-state index in [2.05, 4.69) is 36.9 Å². The van der Waals surface area contributed by atoms with Crippen LogP contribution in [0.15, 0.2) is 18.2 Å². The van der Waals surface area contributed by atoms with Crippen molar-refractivity contribution in [1.82, 2.24) is 4.31 Å². The topological polar surface area (TPSA) is 40.6 Å². The van der Waals surface area contributed by atoms with E-state index >= 15 is 0 Å². The van der Waals surface area contributed by atoms with Crippen molar-refractivity contribution in [1.29, 1.82) is 0 Å². The third kappa shape index (κ3) is 3.03. The normalized spacial score (nSPS) is 18.1. The maximum atomic E-state index is 11.4. The predicted molar refractivity (Wildman–Crippen MR) is 74.5 cm³/mol. The molecule has 1 saturated heterocycles. The second kappa shape index (κ2) is 4.90. The Balaban J connectivity index is 2.10. The molecule has 0 N–H and O–H groups in total. The number of anilines is 1. The van der Waals surface area contributed by atoms with Gasteiger partial charge < -0.3 is 4.90 Å². The summed E-state index contributed by atoms with van der Waals surface area (Å²) < 4.78 is 24.4. The molecule has 0 atom stereocenters. The number of sulfonamides is 1. The van der Waals surface area contributed by atoms with E-state index in [1.807, 2.05) is 0 Å². The second-order valence-electron chi connectivity index (χ2n) is 4.99. The molecule has 0 bridgehead atoms. The smallest absolute Gasteiger partial charge is 0.211 e. The molecule has 18 heavy (non-hydrogen) atoms. The standard InChI is InChI=1S/C13H20N2O2S/c1-11-8-12(2)10-13(9-11)14-4-6-15(7-5-14)18(3,16)17/h8-10H,4-7H2,1-3H3. The maximum Gasteiger partial charge on any atom is 0.211 e. The fraction of sp³-hybridized carbons (Fsp3) is 0.538. The summed E-state index contributed by atoms with van der Waals surface area (Å²) in [6.45, 7) is 6.84. The first-order valence-corrected chi connectivity index (χ1v) is 7.99. The van der Waals surface area contributed by atoms with Crippen LogP contribution in [0.5, 0.6) is 0 Å². The molecule has 100 valence electrons. The zero-order valence-corrected chi connectivity index (χ0v) is 12.0. The van der Waals surface area contributed by atoms with Gasteiger partial charge in [-0.2, -0.15) is 4.31 Å².